The molecular formula is C21H25N3O2. The Morgan fingerprint density at radius 3 is 2.58 bits per heavy atom. The van der Waals surface area contributed by atoms with Crippen molar-refractivity contribution in [3.05, 3.63) is 65.5 Å². The minimum atomic E-state index is -0.374. The molecular weight excluding hydrogens is 326 g/mol. The number of amides is 2. The fraction of sp³-hybridized carbons (Fsp3) is 0.381. The van der Waals surface area contributed by atoms with Crippen LogP contribution in [0.4, 0.5) is 0 Å². The molecule has 0 saturated carbocycles. The standard InChI is InChI=1S/C21H25N3O2/c1-4-24-14(2)17-10-18(12-22-11-17)20(21(24)26)19(13-23-15(3)25)16-8-6-5-7-9-16/h5-12,14,19-20H,4,13H2,1-3H3,(H,23,25). The van der Waals surface area contributed by atoms with Crippen molar-refractivity contribution < 1.29 is 9.59 Å². The fourth-order valence-corrected chi connectivity index (χ4v) is 3.78. The molecule has 1 aliphatic rings. The number of fused-ring (bicyclic) bond motifs is 2. The summed E-state index contributed by atoms with van der Waals surface area (Å²) in [5.41, 5.74) is 3.00. The van der Waals surface area contributed by atoms with E-state index in [4.69, 9.17) is 0 Å². The van der Waals surface area contributed by atoms with Gasteiger partial charge in [0, 0.05) is 38.3 Å². The van der Waals surface area contributed by atoms with Crippen LogP contribution in [0.25, 0.3) is 0 Å². The van der Waals surface area contributed by atoms with Gasteiger partial charge in [0.05, 0.1) is 12.0 Å². The van der Waals surface area contributed by atoms with Gasteiger partial charge in [-0.25, -0.2) is 0 Å². The number of likely N-dealkylation sites (N-methyl/N-ethyl adjacent to an activating group) is 1. The van der Waals surface area contributed by atoms with E-state index < -0.39 is 0 Å². The third-order valence-corrected chi connectivity index (χ3v) is 5.18. The Bertz CT molecular complexity index is 791. The molecule has 1 aromatic carbocycles. The zero-order chi connectivity index (χ0) is 18.7. The topological polar surface area (TPSA) is 62.3 Å². The van der Waals surface area contributed by atoms with Crippen LogP contribution in [-0.2, 0) is 9.59 Å². The Kier molecular flexibility index (Phi) is 5.35. The monoisotopic (exact) mass is 351 g/mol. The van der Waals surface area contributed by atoms with Crippen molar-refractivity contribution in [3.63, 3.8) is 0 Å². The molecule has 0 saturated heterocycles. The van der Waals surface area contributed by atoms with Crippen molar-refractivity contribution in [2.45, 2.75) is 38.6 Å². The predicted molar refractivity (Wildman–Crippen MR) is 101 cm³/mol. The number of nitrogens with one attached hydrogen (secondary N) is 1. The first-order valence-corrected chi connectivity index (χ1v) is 9.07. The summed E-state index contributed by atoms with van der Waals surface area (Å²) in [6, 6.07) is 12.0. The Labute approximate surface area is 154 Å². The number of pyridine rings is 1. The highest BCUT2D eigenvalue weighted by atomic mass is 16.2. The first kappa shape index (κ1) is 18.1. The largest absolute Gasteiger partial charge is 0.356 e. The van der Waals surface area contributed by atoms with E-state index in [0.717, 1.165) is 16.7 Å². The van der Waals surface area contributed by atoms with E-state index in [1.165, 1.54) is 6.92 Å². The maximum Gasteiger partial charge on any atom is 0.231 e. The van der Waals surface area contributed by atoms with Crippen LogP contribution in [-0.4, -0.2) is 34.8 Å². The van der Waals surface area contributed by atoms with Crippen LogP contribution in [0, 0.1) is 0 Å². The van der Waals surface area contributed by atoms with Gasteiger partial charge in [-0.3, -0.25) is 14.6 Å². The molecule has 1 aliphatic heterocycles. The molecule has 0 radical (unpaired) electrons. The van der Waals surface area contributed by atoms with Gasteiger partial charge in [-0.1, -0.05) is 30.3 Å². The molecule has 0 fully saturated rings. The third-order valence-electron chi connectivity index (χ3n) is 5.18. The Morgan fingerprint density at radius 2 is 1.92 bits per heavy atom. The second kappa shape index (κ2) is 7.68. The summed E-state index contributed by atoms with van der Waals surface area (Å²) in [5.74, 6) is -0.535. The maximum absolute atomic E-state index is 13.5. The van der Waals surface area contributed by atoms with Crippen molar-refractivity contribution in [2.24, 2.45) is 0 Å². The predicted octanol–water partition coefficient (Wildman–Crippen LogP) is 3.01. The quantitative estimate of drug-likeness (QED) is 0.901. The second-order valence-corrected chi connectivity index (χ2v) is 6.78. The zero-order valence-electron chi connectivity index (χ0n) is 15.5. The summed E-state index contributed by atoms with van der Waals surface area (Å²) in [6.45, 7) is 6.58. The number of hydrogen-bond donors (Lipinski definition) is 1. The van der Waals surface area contributed by atoms with Gasteiger partial charge >= 0.3 is 0 Å². The molecule has 2 heterocycles. The van der Waals surface area contributed by atoms with Crippen LogP contribution < -0.4 is 5.32 Å². The molecule has 5 nitrogen and oxygen atoms in total. The number of carbonyl (C=O) groups excluding carboxylic acids is 2. The van der Waals surface area contributed by atoms with Gasteiger partial charge in [0.2, 0.25) is 11.8 Å². The van der Waals surface area contributed by atoms with E-state index >= 15 is 0 Å². The molecule has 3 unspecified atom stereocenters. The molecule has 0 spiro atoms. The first-order valence-electron chi connectivity index (χ1n) is 9.07. The van der Waals surface area contributed by atoms with Crippen LogP contribution >= 0.6 is 0 Å². The highest BCUT2D eigenvalue weighted by molar-refractivity contribution is 5.86. The summed E-state index contributed by atoms with van der Waals surface area (Å²) >= 11 is 0. The molecule has 1 N–H and O–H groups in total. The summed E-state index contributed by atoms with van der Waals surface area (Å²) in [5, 5.41) is 2.90. The average molecular weight is 351 g/mol. The zero-order valence-corrected chi connectivity index (χ0v) is 15.5. The third kappa shape index (κ3) is 3.47. The van der Waals surface area contributed by atoms with Crippen LogP contribution in [0.2, 0.25) is 0 Å². The molecule has 2 bridgehead atoms. The van der Waals surface area contributed by atoms with Gasteiger partial charge in [-0.05, 0) is 36.6 Å². The summed E-state index contributed by atoms with van der Waals surface area (Å²) in [6.07, 6.45) is 3.61. The lowest BCUT2D eigenvalue weighted by Gasteiger charge is -2.32. The second-order valence-electron chi connectivity index (χ2n) is 6.78. The lowest BCUT2D eigenvalue weighted by molar-refractivity contribution is -0.135. The van der Waals surface area contributed by atoms with E-state index in [1.807, 2.05) is 55.3 Å². The molecule has 2 aromatic rings. The minimum Gasteiger partial charge on any atom is -0.356 e. The number of carbonyl (C=O) groups is 2. The SMILES string of the molecule is CCN1C(=O)C(C(CNC(C)=O)c2ccccc2)c2cncc(c2)C1C. The number of hydrogen-bond acceptors (Lipinski definition) is 3. The van der Waals surface area contributed by atoms with Crippen molar-refractivity contribution in [3.8, 4) is 0 Å². The number of benzene rings is 1. The van der Waals surface area contributed by atoms with E-state index in [-0.39, 0.29) is 29.7 Å². The van der Waals surface area contributed by atoms with Crippen LogP contribution in [0.1, 0.15) is 55.3 Å². The molecule has 136 valence electrons. The van der Waals surface area contributed by atoms with Gasteiger partial charge in [0.15, 0.2) is 0 Å². The van der Waals surface area contributed by atoms with Gasteiger partial charge in [0.1, 0.15) is 0 Å². The molecule has 3 atom stereocenters. The fourth-order valence-electron chi connectivity index (χ4n) is 3.78. The molecule has 0 aliphatic carbocycles. The van der Waals surface area contributed by atoms with Crippen LogP contribution in [0.15, 0.2) is 48.8 Å². The summed E-state index contributed by atoms with van der Waals surface area (Å²) in [4.78, 5) is 31.3. The molecule has 5 heteroatoms. The summed E-state index contributed by atoms with van der Waals surface area (Å²) < 4.78 is 0. The van der Waals surface area contributed by atoms with E-state index in [0.29, 0.717) is 13.1 Å². The van der Waals surface area contributed by atoms with Crippen molar-refractivity contribution in [2.75, 3.05) is 13.1 Å². The Hall–Kier alpha value is -2.69. The van der Waals surface area contributed by atoms with E-state index in [9.17, 15) is 9.59 Å². The lowest BCUT2D eigenvalue weighted by Crippen LogP contribution is -2.40. The van der Waals surface area contributed by atoms with E-state index in [2.05, 4.69) is 16.4 Å². The van der Waals surface area contributed by atoms with Crippen molar-refractivity contribution in [1.29, 1.82) is 0 Å². The first-order chi connectivity index (χ1) is 12.5. The van der Waals surface area contributed by atoms with Crippen LogP contribution in [0.5, 0.6) is 0 Å². The highest BCUT2D eigenvalue weighted by Crippen LogP contribution is 2.39. The molecule has 2 amide bonds. The molecule has 26 heavy (non-hydrogen) atoms. The van der Waals surface area contributed by atoms with Gasteiger partial charge < -0.3 is 10.2 Å². The van der Waals surface area contributed by atoms with Gasteiger partial charge in [-0.15, -0.1) is 0 Å². The highest BCUT2D eigenvalue weighted by Gasteiger charge is 2.38. The van der Waals surface area contributed by atoms with Crippen LogP contribution in [0.3, 0.4) is 0 Å². The lowest BCUT2D eigenvalue weighted by atomic mass is 9.81. The Balaban J connectivity index is 2.08. The number of aromatic nitrogens is 1. The van der Waals surface area contributed by atoms with Crippen molar-refractivity contribution >= 4 is 11.8 Å². The maximum atomic E-state index is 13.5. The number of nitrogens with zero attached hydrogens (tertiary/aromatic N) is 2. The molecule has 1 aromatic heterocycles. The summed E-state index contributed by atoms with van der Waals surface area (Å²) in [7, 11) is 0. The average Bonchev–Trinajstić information content (AvgIpc) is 2.71. The Morgan fingerprint density at radius 1 is 1.23 bits per heavy atom. The normalized spacial score (nSPS) is 20.4. The van der Waals surface area contributed by atoms with Crippen molar-refractivity contribution in [1.82, 2.24) is 15.2 Å². The van der Waals surface area contributed by atoms with E-state index in [1.54, 1.807) is 6.20 Å². The minimum absolute atomic E-state index is 0.0119. The van der Waals surface area contributed by atoms with Gasteiger partial charge in [0.25, 0.3) is 0 Å². The number of rotatable bonds is 5. The molecule has 3 rings (SSSR count). The van der Waals surface area contributed by atoms with Gasteiger partial charge in [-0.2, -0.15) is 0 Å². The smallest absolute Gasteiger partial charge is 0.231 e.